The molecule has 0 spiro atoms. The Bertz CT molecular complexity index is 1180. The molecule has 0 rings (SSSR count). The molecule has 0 radical (unpaired) electrons. The molecule has 464 valence electrons. The largest absolute Gasteiger partial charge is 0.481 e. The lowest BCUT2D eigenvalue weighted by molar-refractivity contribution is -0.148. The van der Waals surface area contributed by atoms with Crippen LogP contribution in [0.15, 0.2) is 0 Å². The van der Waals surface area contributed by atoms with Gasteiger partial charge in [-0.1, -0.05) is 323 Å². The predicted molar refractivity (Wildman–Crippen MR) is 342 cm³/mol. The minimum Gasteiger partial charge on any atom is -0.481 e. The van der Waals surface area contributed by atoms with Gasteiger partial charge in [0.25, 0.3) is 0 Å². The summed E-state index contributed by atoms with van der Waals surface area (Å²) in [6.07, 6.45) is 64.6. The van der Waals surface area contributed by atoms with Crippen LogP contribution in [0.5, 0.6) is 0 Å². The highest BCUT2D eigenvalue weighted by Crippen LogP contribution is 2.36. The Morgan fingerprint density at radius 2 is 0.538 bits per heavy atom. The van der Waals surface area contributed by atoms with Gasteiger partial charge in [-0.3, -0.25) is 19.2 Å². The smallest absolute Gasteiger partial charge is 0.310 e. The first kappa shape index (κ1) is 78.6. The number of ether oxygens (including phenoxy) is 2. The molecule has 0 saturated carbocycles. The molecule has 2 N–H and O–H groups in total. The van der Waals surface area contributed by atoms with Crippen molar-refractivity contribution in [1.29, 1.82) is 0 Å². The first-order valence-corrected chi connectivity index (χ1v) is 36.4. The second-order valence-corrected chi connectivity index (χ2v) is 25.7. The predicted octanol–water partition coefficient (Wildman–Crippen LogP) is 22.4. The van der Waals surface area contributed by atoms with Crippen molar-refractivity contribution in [3.8, 4) is 0 Å². The highest BCUT2D eigenvalue weighted by molar-refractivity contribution is 7.99. The zero-order chi connectivity index (χ0) is 57.4. The van der Waals surface area contributed by atoms with Crippen LogP contribution in [-0.2, 0) is 28.7 Å². The highest BCUT2D eigenvalue weighted by atomic mass is 32.2. The van der Waals surface area contributed by atoms with E-state index in [0.29, 0.717) is 49.1 Å². The Labute approximate surface area is 493 Å². The molecule has 0 fully saturated rings. The van der Waals surface area contributed by atoms with Crippen molar-refractivity contribution in [3.05, 3.63) is 0 Å². The molecule has 10 heteroatoms. The number of hydrogen-bond acceptors (Lipinski definition) is 8. The van der Waals surface area contributed by atoms with E-state index in [9.17, 15) is 24.3 Å². The zero-order valence-electron chi connectivity index (χ0n) is 52.4. The molecule has 0 aromatic rings. The molecule has 0 saturated heterocycles. The minimum absolute atomic E-state index is 0.109. The maximum atomic E-state index is 12.5. The van der Waals surface area contributed by atoms with Gasteiger partial charge in [0, 0.05) is 23.0 Å². The fourth-order valence-electron chi connectivity index (χ4n) is 10.4. The van der Waals surface area contributed by atoms with Crippen LogP contribution in [0.3, 0.4) is 0 Å². The topological polar surface area (TPSA) is 127 Å². The summed E-state index contributed by atoms with van der Waals surface area (Å²) in [6.45, 7) is 10.2. The third-order valence-corrected chi connectivity index (χ3v) is 18.0. The lowest BCUT2D eigenvalue weighted by atomic mass is 9.79. The molecule has 0 aromatic carbocycles. The molecule has 0 unspecified atom stereocenters. The summed E-state index contributed by atoms with van der Waals surface area (Å²) in [5, 5.41) is 19.2. The summed E-state index contributed by atoms with van der Waals surface area (Å²) in [4.78, 5) is 47.1. The molecular formula is C68H132O8S2. The van der Waals surface area contributed by atoms with Crippen LogP contribution < -0.4 is 0 Å². The Morgan fingerprint density at radius 1 is 0.308 bits per heavy atom. The van der Waals surface area contributed by atoms with Crippen LogP contribution in [0.25, 0.3) is 0 Å². The molecule has 0 aliphatic heterocycles. The number of thioether (sulfide) groups is 2. The van der Waals surface area contributed by atoms with E-state index in [-0.39, 0.29) is 18.4 Å². The monoisotopic (exact) mass is 1140 g/mol. The number of carbonyl (C=O) groups is 4. The molecule has 0 atom stereocenters. The number of unbranched alkanes of at least 4 members (excludes halogenated alkanes) is 44. The van der Waals surface area contributed by atoms with Crippen LogP contribution in [-0.4, -0.2) is 70.3 Å². The molecule has 0 aliphatic carbocycles. The Kier molecular flexibility index (Phi) is 66.9. The summed E-state index contributed by atoms with van der Waals surface area (Å²) in [5.41, 5.74) is -0.694. The van der Waals surface area contributed by atoms with Gasteiger partial charge in [0.05, 0.1) is 37.9 Å². The van der Waals surface area contributed by atoms with E-state index in [1.165, 1.54) is 269 Å². The van der Waals surface area contributed by atoms with Crippen molar-refractivity contribution in [2.24, 2.45) is 5.41 Å². The maximum absolute atomic E-state index is 12.5. The number of esters is 2. The molecule has 0 aromatic heterocycles. The molecule has 0 amide bonds. The number of rotatable bonds is 64. The average Bonchev–Trinajstić information content (AvgIpc) is 3.42. The van der Waals surface area contributed by atoms with Crippen LogP contribution >= 0.6 is 23.5 Å². The van der Waals surface area contributed by atoms with Gasteiger partial charge in [-0.15, -0.1) is 0 Å². The molecule has 78 heavy (non-hydrogen) atoms. The van der Waals surface area contributed by atoms with Gasteiger partial charge in [-0.2, -0.15) is 23.5 Å². The fourth-order valence-corrected chi connectivity index (χ4v) is 12.5. The summed E-state index contributed by atoms with van der Waals surface area (Å²) < 4.78 is 10.7. The quantitative estimate of drug-likeness (QED) is 0.0449. The van der Waals surface area contributed by atoms with Gasteiger partial charge >= 0.3 is 23.9 Å². The van der Waals surface area contributed by atoms with Crippen molar-refractivity contribution in [2.45, 2.75) is 368 Å². The van der Waals surface area contributed by atoms with E-state index in [2.05, 4.69) is 27.7 Å². The van der Waals surface area contributed by atoms with Crippen LogP contribution in [0.4, 0.5) is 0 Å². The first-order chi connectivity index (χ1) is 38.2. The van der Waals surface area contributed by atoms with Gasteiger partial charge in [-0.05, 0) is 25.7 Å². The van der Waals surface area contributed by atoms with E-state index in [4.69, 9.17) is 14.6 Å². The van der Waals surface area contributed by atoms with Gasteiger partial charge in [0.1, 0.15) is 0 Å². The van der Waals surface area contributed by atoms with E-state index in [1.807, 2.05) is 0 Å². The van der Waals surface area contributed by atoms with Gasteiger partial charge in [-0.25, -0.2) is 0 Å². The van der Waals surface area contributed by atoms with Crippen molar-refractivity contribution >= 4 is 47.4 Å². The molecule has 8 nitrogen and oxygen atoms in total. The van der Waals surface area contributed by atoms with Crippen molar-refractivity contribution in [2.75, 3.05) is 36.2 Å². The summed E-state index contributed by atoms with van der Waals surface area (Å²) in [6, 6.07) is 0. The van der Waals surface area contributed by atoms with Gasteiger partial charge in [0.15, 0.2) is 0 Å². The van der Waals surface area contributed by atoms with Crippen molar-refractivity contribution in [3.63, 3.8) is 0 Å². The van der Waals surface area contributed by atoms with Gasteiger partial charge in [0.2, 0.25) is 0 Å². The zero-order valence-corrected chi connectivity index (χ0v) is 54.0. The van der Waals surface area contributed by atoms with Crippen LogP contribution in [0.1, 0.15) is 368 Å². The number of carbonyl (C=O) groups excluding carboxylic acids is 2. The van der Waals surface area contributed by atoms with Crippen molar-refractivity contribution in [1.82, 2.24) is 0 Å². The lowest BCUT2D eigenvalue weighted by Crippen LogP contribution is -2.34. The highest BCUT2D eigenvalue weighted by Gasteiger charge is 2.37. The Hall–Kier alpha value is -1.42. The number of carboxylic acid groups (broad SMARTS) is 2. The third-order valence-electron chi connectivity index (χ3n) is 15.7. The summed E-state index contributed by atoms with van der Waals surface area (Å²) in [5.74, 6) is 0.779. The molecule has 0 bridgehead atoms. The summed E-state index contributed by atoms with van der Waals surface area (Å²) >= 11 is 3.16. The average molecular weight is 1140 g/mol. The number of hydrogen-bond donors (Lipinski definition) is 2. The molecule has 0 heterocycles. The van der Waals surface area contributed by atoms with E-state index in [0.717, 1.165) is 64.2 Å². The number of carboxylic acids is 2. The second kappa shape index (κ2) is 66.4. The lowest BCUT2D eigenvalue weighted by Gasteiger charge is -2.29. The Morgan fingerprint density at radius 3 is 0.782 bits per heavy atom. The molecule has 0 aliphatic rings. The Balaban J connectivity index is 0. The van der Waals surface area contributed by atoms with Crippen molar-refractivity contribution < 1.29 is 38.9 Å². The van der Waals surface area contributed by atoms with Crippen LogP contribution in [0, 0.1) is 5.41 Å². The second-order valence-electron chi connectivity index (χ2n) is 23.4. The van der Waals surface area contributed by atoms with Crippen LogP contribution in [0.2, 0.25) is 0 Å². The van der Waals surface area contributed by atoms with E-state index >= 15 is 0 Å². The summed E-state index contributed by atoms with van der Waals surface area (Å²) in [7, 11) is 0. The number of aliphatic carboxylic acids is 2. The maximum Gasteiger partial charge on any atom is 0.310 e. The first-order valence-electron chi connectivity index (χ1n) is 34.1. The minimum atomic E-state index is -0.801. The fraction of sp³-hybridized carbons (Fsp3) is 0.941. The van der Waals surface area contributed by atoms with E-state index in [1.54, 1.807) is 11.8 Å². The standard InChI is InChI=1S/2C34H66O4S/c1-3-5-7-9-11-13-15-17-19-21-23-25-29-37-33(35)27-31-39-32-28-34(36)38-30-26-24-22-20-18-16-14-12-10-8-6-4-2;1-3-5-7-9-11-13-15-17-19-21-23-25-28-34(33(37)38,31-39-30-27-32(35)36)29-26-24-22-20-18-16-14-12-10-8-6-4-2/h3-32H2,1-2H3;3-31H2,1-2H3,(H,35,36)(H,37,38). The normalized spacial score (nSPS) is 11.4. The third kappa shape index (κ3) is 62.2. The SMILES string of the molecule is CCCCCCCCCCCCCCC(CCCCCCCCCCCCCC)(CSCCC(=O)O)C(=O)O.CCCCCCCCCCCCCCOC(=O)CCSCCC(=O)OCCCCCCCCCCCCCC. The van der Waals surface area contributed by atoms with Gasteiger partial charge < -0.3 is 19.7 Å². The molecular weight excluding hydrogens is 1010 g/mol. The van der Waals surface area contributed by atoms with E-state index < -0.39 is 17.4 Å².